The van der Waals surface area contributed by atoms with Gasteiger partial charge < -0.3 is 10.7 Å². The Bertz CT molecular complexity index is 406. The van der Waals surface area contributed by atoms with Crippen LogP contribution in [0.25, 0.3) is 0 Å². The van der Waals surface area contributed by atoms with E-state index in [1.807, 2.05) is 24.5 Å². The molecule has 0 unspecified atom stereocenters. The van der Waals surface area contributed by atoms with Gasteiger partial charge in [-0.2, -0.15) is 4.98 Å². The molecule has 5 nitrogen and oxygen atoms in total. The molecule has 0 saturated carbocycles. The Hall–Kier alpha value is -2.11. The second kappa shape index (κ2) is 4.80. The van der Waals surface area contributed by atoms with Crippen LogP contribution in [0, 0.1) is 0 Å². The number of nitrogen functional groups attached to an aromatic ring is 1. The molecule has 74 valence electrons. The van der Waals surface area contributed by atoms with Crippen LogP contribution in [0.5, 0.6) is 0 Å². The predicted octanol–water partition coefficient (Wildman–Crippen LogP) is 0.573. The molecule has 0 aliphatic heterocycles. The Kier molecular flexibility index (Phi) is 3.42. The van der Waals surface area contributed by atoms with E-state index in [0.717, 1.165) is 6.20 Å². The number of aromatic nitrogens is 3. The SMILES string of the molecule is Nc1ccnc(=O)n1F.c1cc[nH]c1. The predicted molar refractivity (Wildman–Crippen MR) is 50.2 cm³/mol. The highest BCUT2D eigenvalue weighted by molar-refractivity contribution is 5.24. The van der Waals surface area contributed by atoms with Crippen LogP contribution in [0.3, 0.4) is 0 Å². The monoisotopic (exact) mass is 196 g/mol. The first-order valence-electron chi connectivity index (χ1n) is 3.79. The molecule has 0 aliphatic rings. The van der Waals surface area contributed by atoms with Crippen LogP contribution in [0.1, 0.15) is 0 Å². The lowest BCUT2D eigenvalue weighted by molar-refractivity contribution is 0.352. The number of nitrogens with zero attached hydrogens (tertiary/aromatic N) is 2. The third kappa shape index (κ3) is 2.74. The lowest BCUT2D eigenvalue weighted by Gasteiger charge is -1.92. The van der Waals surface area contributed by atoms with Crippen LogP contribution in [-0.4, -0.2) is 14.8 Å². The fourth-order valence-electron chi connectivity index (χ4n) is 0.682. The van der Waals surface area contributed by atoms with Crippen LogP contribution < -0.4 is 11.4 Å². The molecule has 0 atom stereocenters. The van der Waals surface area contributed by atoms with Gasteiger partial charge in [0.25, 0.3) is 0 Å². The van der Waals surface area contributed by atoms with E-state index in [1.165, 1.54) is 6.07 Å². The zero-order chi connectivity index (χ0) is 10.4. The van der Waals surface area contributed by atoms with Crippen molar-refractivity contribution < 1.29 is 4.48 Å². The molecule has 6 heteroatoms. The fraction of sp³-hybridized carbons (Fsp3) is 0. The highest BCUT2D eigenvalue weighted by atomic mass is 19.2. The molecule has 3 N–H and O–H groups in total. The maximum absolute atomic E-state index is 12.1. The highest BCUT2D eigenvalue weighted by Gasteiger charge is 1.95. The van der Waals surface area contributed by atoms with Crippen LogP contribution in [-0.2, 0) is 0 Å². The minimum Gasteiger partial charge on any atom is -0.383 e. The van der Waals surface area contributed by atoms with E-state index in [4.69, 9.17) is 5.73 Å². The molecule has 2 rings (SSSR count). The molecular formula is C8H9FN4O. The normalized spacial score (nSPS) is 8.93. The summed E-state index contributed by atoms with van der Waals surface area (Å²) in [4.78, 5) is 16.0. The maximum Gasteiger partial charge on any atom is 0.377 e. The van der Waals surface area contributed by atoms with Gasteiger partial charge in [0.05, 0.1) is 0 Å². The molecule has 2 heterocycles. The fourth-order valence-corrected chi connectivity index (χ4v) is 0.682. The van der Waals surface area contributed by atoms with Gasteiger partial charge in [-0.3, -0.25) is 0 Å². The first kappa shape index (κ1) is 9.97. The zero-order valence-electron chi connectivity index (χ0n) is 7.22. The van der Waals surface area contributed by atoms with Crippen LogP contribution >= 0.6 is 0 Å². The Balaban J connectivity index is 0.000000165. The van der Waals surface area contributed by atoms with Gasteiger partial charge in [0.2, 0.25) is 0 Å². The van der Waals surface area contributed by atoms with E-state index in [-0.39, 0.29) is 10.6 Å². The molecule has 0 amide bonds. The lowest BCUT2D eigenvalue weighted by atomic mass is 10.6. The number of aromatic amines is 1. The van der Waals surface area contributed by atoms with Gasteiger partial charge in [0.15, 0.2) is 0 Å². The van der Waals surface area contributed by atoms with Gasteiger partial charge in [-0.25, -0.2) is 4.79 Å². The molecule has 0 fully saturated rings. The van der Waals surface area contributed by atoms with E-state index in [2.05, 4.69) is 9.97 Å². The Morgan fingerprint density at radius 1 is 1.43 bits per heavy atom. The molecule has 0 aromatic carbocycles. The van der Waals surface area contributed by atoms with Crippen molar-refractivity contribution in [2.45, 2.75) is 0 Å². The van der Waals surface area contributed by atoms with Crippen molar-refractivity contribution in [3.05, 3.63) is 47.3 Å². The van der Waals surface area contributed by atoms with E-state index in [1.54, 1.807) is 0 Å². The number of rotatable bonds is 0. The quantitative estimate of drug-likeness (QED) is 0.646. The van der Waals surface area contributed by atoms with Crippen molar-refractivity contribution in [3.63, 3.8) is 0 Å². The number of hydrogen-bond acceptors (Lipinski definition) is 3. The summed E-state index contributed by atoms with van der Waals surface area (Å²) in [7, 11) is 0. The number of anilines is 1. The van der Waals surface area contributed by atoms with Gasteiger partial charge in [0, 0.05) is 18.6 Å². The number of H-pyrrole nitrogens is 1. The Morgan fingerprint density at radius 2 is 2.07 bits per heavy atom. The Morgan fingerprint density at radius 3 is 2.43 bits per heavy atom. The van der Waals surface area contributed by atoms with Crippen molar-refractivity contribution in [2.24, 2.45) is 0 Å². The Labute approximate surface area is 79.0 Å². The largest absolute Gasteiger partial charge is 0.383 e. The lowest BCUT2D eigenvalue weighted by Crippen LogP contribution is -2.18. The minimum absolute atomic E-state index is 0.222. The average molecular weight is 196 g/mol. The number of nitrogens with two attached hydrogens (primary N) is 1. The third-order valence-corrected chi connectivity index (χ3v) is 1.32. The molecule has 0 bridgehead atoms. The van der Waals surface area contributed by atoms with Gasteiger partial charge in [-0.05, 0) is 18.2 Å². The number of halogens is 1. The second-order valence-corrected chi connectivity index (χ2v) is 2.32. The summed E-state index contributed by atoms with van der Waals surface area (Å²) in [6.45, 7) is 0. The van der Waals surface area contributed by atoms with Crippen molar-refractivity contribution in [3.8, 4) is 0 Å². The summed E-state index contributed by atoms with van der Waals surface area (Å²) < 4.78 is 12.1. The van der Waals surface area contributed by atoms with Gasteiger partial charge >= 0.3 is 5.69 Å². The first-order valence-corrected chi connectivity index (χ1v) is 3.79. The van der Waals surface area contributed by atoms with E-state index >= 15 is 0 Å². The highest BCUT2D eigenvalue weighted by Crippen LogP contribution is 1.92. The topological polar surface area (TPSA) is 76.7 Å². The van der Waals surface area contributed by atoms with E-state index in [9.17, 15) is 9.28 Å². The summed E-state index contributed by atoms with van der Waals surface area (Å²) in [5.41, 5.74) is 3.98. The second-order valence-electron chi connectivity index (χ2n) is 2.32. The minimum atomic E-state index is -0.991. The van der Waals surface area contributed by atoms with Gasteiger partial charge in [0.1, 0.15) is 5.82 Å². The van der Waals surface area contributed by atoms with Crippen LogP contribution in [0.4, 0.5) is 10.3 Å². The zero-order valence-corrected chi connectivity index (χ0v) is 7.22. The smallest absolute Gasteiger partial charge is 0.377 e. The van der Waals surface area contributed by atoms with Crippen molar-refractivity contribution >= 4 is 5.82 Å². The molecule has 2 aromatic heterocycles. The molecule has 0 spiro atoms. The number of hydrogen-bond donors (Lipinski definition) is 2. The summed E-state index contributed by atoms with van der Waals surface area (Å²) in [6, 6.07) is 5.08. The van der Waals surface area contributed by atoms with Crippen LogP contribution in [0.2, 0.25) is 0 Å². The van der Waals surface area contributed by atoms with E-state index in [0.29, 0.717) is 0 Å². The third-order valence-electron chi connectivity index (χ3n) is 1.32. The standard InChI is InChI=1S/C4H4FN3O.C4H5N/c5-8-3(6)1-2-7-4(8)9;1-2-4-5-3-1/h1-2H,6H2;1-5H. The van der Waals surface area contributed by atoms with Crippen molar-refractivity contribution in [2.75, 3.05) is 5.73 Å². The number of nitrogens with one attached hydrogen (secondary N) is 1. The van der Waals surface area contributed by atoms with Crippen molar-refractivity contribution in [1.82, 2.24) is 14.8 Å². The summed E-state index contributed by atoms with van der Waals surface area (Å²) >= 11 is 0. The molecular weight excluding hydrogens is 187 g/mol. The van der Waals surface area contributed by atoms with Gasteiger partial charge in [-0.15, -0.1) is 4.79 Å². The molecule has 14 heavy (non-hydrogen) atoms. The first-order chi connectivity index (χ1) is 6.72. The molecule has 2 aromatic rings. The average Bonchev–Trinajstić information content (AvgIpc) is 2.72. The van der Waals surface area contributed by atoms with Gasteiger partial charge in [-0.1, -0.05) is 4.48 Å². The van der Waals surface area contributed by atoms with Crippen molar-refractivity contribution in [1.29, 1.82) is 0 Å². The molecule has 0 radical (unpaired) electrons. The van der Waals surface area contributed by atoms with E-state index < -0.39 is 5.69 Å². The summed E-state index contributed by atoms with van der Waals surface area (Å²) in [6.07, 6.45) is 4.90. The molecule has 0 aliphatic carbocycles. The summed E-state index contributed by atoms with van der Waals surface area (Å²) in [5.74, 6) is -0.241. The maximum atomic E-state index is 12.1. The summed E-state index contributed by atoms with van der Waals surface area (Å²) in [5, 5.41) is 0. The van der Waals surface area contributed by atoms with Crippen LogP contribution in [0.15, 0.2) is 41.6 Å². The molecule has 0 saturated heterocycles.